The topological polar surface area (TPSA) is 69.0 Å². The number of carbonyl (C=O) groups is 1. The van der Waals surface area contributed by atoms with Gasteiger partial charge in [-0.05, 0) is 44.5 Å². The Bertz CT molecular complexity index is 690. The fourth-order valence-electron chi connectivity index (χ4n) is 2.26. The van der Waals surface area contributed by atoms with E-state index in [4.69, 9.17) is 4.74 Å². The zero-order valence-electron chi connectivity index (χ0n) is 14.7. The third-order valence-electron chi connectivity index (χ3n) is 3.57. The first-order valence-corrected chi connectivity index (χ1v) is 9.21. The lowest BCUT2D eigenvalue weighted by Gasteiger charge is -2.14. The number of thioether (sulfide) groups is 1. The molecular formula is C17H23FN4O2S. The quantitative estimate of drug-likeness (QED) is 0.541. The Hall–Kier alpha value is -2.09. The summed E-state index contributed by atoms with van der Waals surface area (Å²) in [5, 5.41) is 12.0. The molecule has 0 spiro atoms. The second-order valence-corrected chi connectivity index (χ2v) is 6.44. The molecule has 136 valence electrons. The van der Waals surface area contributed by atoms with E-state index in [1.54, 1.807) is 19.1 Å². The maximum atomic E-state index is 13.0. The number of hydrogen-bond acceptors (Lipinski definition) is 6. The van der Waals surface area contributed by atoms with Gasteiger partial charge in [0, 0.05) is 12.2 Å². The molecule has 0 saturated carbocycles. The molecule has 0 fully saturated rings. The Labute approximate surface area is 151 Å². The Morgan fingerprint density at radius 2 is 2.00 bits per heavy atom. The lowest BCUT2D eigenvalue weighted by molar-refractivity contribution is -0.142. The van der Waals surface area contributed by atoms with Gasteiger partial charge in [-0.15, -0.1) is 10.2 Å². The van der Waals surface area contributed by atoms with E-state index in [9.17, 15) is 9.18 Å². The minimum atomic E-state index is -0.299. The lowest BCUT2D eigenvalue weighted by Crippen LogP contribution is -2.20. The normalized spacial score (nSPS) is 12.0. The molecule has 25 heavy (non-hydrogen) atoms. The Balaban J connectivity index is 2.06. The highest BCUT2D eigenvalue weighted by atomic mass is 32.2. The monoisotopic (exact) mass is 366 g/mol. The SMILES string of the molecule is CCOC(=O)C(CC)Sc1nnc(CNc2ccc(F)cc2)n1CC. The highest BCUT2D eigenvalue weighted by molar-refractivity contribution is 8.00. The van der Waals surface area contributed by atoms with Crippen LogP contribution in [0, 0.1) is 5.82 Å². The van der Waals surface area contributed by atoms with Crippen LogP contribution in [0.3, 0.4) is 0 Å². The van der Waals surface area contributed by atoms with E-state index in [0.717, 1.165) is 11.5 Å². The van der Waals surface area contributed by atoms with Crippen LogP contribution < -0.4 is 5.32 Å². The van der Waals surface area contributed by atoms with Crippen molar-refractivity contribution in [2.75, 3.05) is 11.9 Å². The van der Waals surface area contributed by atoms with E-state index in [0.29, 0.717) is 31.3 Å². The summed E-state index contributed by atoms with van der Waals surface area (Å²) in [4.78, 5) is 12.0. The fraction of sp³-hybridized carbons (Fsp3) is 0.471. The van der Waals surface area contributed by atoms with Crippen LogP contribution in [0.5, 0.6) is 0 Å². The first-order chi connectivity index (χ1) is 12.1. The number of hydrogen-bond donors (Lipinski definition) is 1. The average Bonchev–Trinajstić information content (AvgIpc) is 3.00. The maximum Gasteiger partial charge on any atom is 0.319 e. The predicted octanol–water partition coefficient (Wildman–Crippen LogP) is 3.48. The van der Waals surface area contributed by atoms with Crippen LogP contribution in [-0.4, -0.2) is 32.6 Å². The molecule has 2 rings (SSSR count). The van der Waals surface area contributed by atoms with Crippen LogP contribution in [-0.2, 0) is 22.6 Å². The van der Waals surface area contributed by atoms with Crippen molar-refractivity contribution in [3.05, 3.63) is 35.9 Å². The summed E-state index contributed by atoms with van der Waals surface area (Å²) in [7, 11) is 0. The van der Waals surface area contributed by atoms with Crippen molar-refractivity contribution < 1.29 is 13.9 Å². The summed E-state index contributed by atoms with van der Waals surface area (Å²) in [6.07, 6.45) is 0.656. The second-order valence-electron chi connectivity index (χ2n) is 5.27. The maximum absolute atomic E-state index is 13.0. The lowest BCUT2D eigenvalue weighted by atomic mass is 10.3. The number of rotatable bonds is 9. The minimum Gasteiger partial charge on any atom is -0.465 e. The van der Waals surface area contributed by atoms with Gasteiger partial charge in [-0.2, -0.15) is 0 Å². The van der Waals surface area contributed by atoms with Crippen LogP contribution >= 0.6 is 11.8 Å². The molecular weight excluding hydrogens is 343 g/mol. The zero-order chi connectivity index (χ0) is 18.2. The number of nitrogens with one attached hydrogen (secondary N) is 1. The Morgan fingerprint density at radius 3 is 2.60 bits per heavy atom. The van der Waals surface area contributed by atoms with Gasteiger partial charge in [0.25, 0.3) is 0 Å². The highest BCUT2D eigenvalue weighted by Crippen LogP contribution is 2.26. The summed E-state index contributed by atoms with van der Waals surface area (Å²) < 4.78 is 20.0. The molecule has 0 saturated heterocycles. The molecule has 0 aliphatic heterocycles. The van der Waals surface area contributed by atoms with Gasteiger partial charge >= 0.3 is 5.97 Å². The summed E-state index contributed by atoms with van der Waals surface area (Å²) in [5.74, 6) is 0.255. The molecule has 1 unspecified atom stereocenters. The summed E-state index contributed by atoms with van der Waals surface area (Å²) >= 11 is 1.37. The van der Waals surface area contributed by atoms with E-state index >= 15 is 0 Å². The van der Waals surface area contributed by atoms with Gasteiger partial charge in [0.1, 0.15) is 11.1 Å². The zero-order valence-corrected chi connectivity index (χ0v) is 15.5. The molecule has 1 atom stereocenters. The standard InChI is InChI=1S/C17H23FN4O2S/c1-4-14(16(23)24-6-3)25-17-21-20-15(22(17)5-2)11-19-13-9-7-12(18)8-10-13/h7-10,14,19H,4-6,11H2,1-3H3. The molecule has 6 nitrogen and oxygen atoms in total. The summed E-state index contributed by atoms with van der Waals surface area (Å²) in [6, 6.07) is 6.15. The highest BCUT2D eigenvalue weighted by Gasteiger charge is 2.23. The molecule has 8 heteroatoms. The van der Waals surface area contributed by atoms with E-state index in [2.05, 4.69) is 15.5 Å². The van der Waals surface area contributed by atoms with Gasteiger partial charge in [0.15, 0.2) is 11.0 Å². The second kappa shape index (κ2) is 9.41. The smallest absolute Gasteiger partial charge is 0.319 e. The number of benzene rings is 1. The van der Waals surface area contributed by atoms with Crippen LogP contribution in [0.25, 0.3) is 0 Å². The van der Waals surface area contributed by atoms with Crippen molar-refractivity contribution in [1.29, 1.82) is 0 Å². The third-order valence-corrected chi connectivity index (χ3v) is 4.90. The largest absolute Gasteiger partial charge is 0.465 e. The number of ether oxygens (including phenoxy) is 1. The fourth-order valence-corrected chi connectivity index (χ4v) is 3.30. The molecule has 0 radical (unpaired) electrons. The molecule has 2 aromatic rings. The van der Waals surface area contributed by atoms with Crippen LogP contribution in [0.4, 0.5) is 10.1 Å². The Kier molecular flexibility index (Phi) is 7.24. The summed E-state index contributed by atoms with van der Waals surface area (Å²) in [6.45, 7) is 7.25. The van der Waals surface area contributed by atoms with Crippen LogP contribution in [0.15, 0.2) is 29.4 Å². The first kappa shape index (κ1) is 19.2. The van der Waals surface area contributed by atoms with Gasteiger partial charge in [-0.25, -0.2) is 4.39 Å². The minimum absolute atomic E-state index is 0.230. The van der Waals surface area contributed by atoms with Crippen molar-refractivity contribution in [2.24, 2.45) is 0 Å². The Morgan fingerprint density at radius 1 is 1.28 bits per heavy atom. The molecule has 0 aliphatic carbocycles. The van der Waals surface area contributed by atoms with Gasteiger partial charge in [0.2, 0.25) is 0 Å². The number of carbonyl (C=O) groups excluding carboxylic acids is 1. The van der Waals surface area contributed by atoms with Crippen molar-refractivity contribution in [3.8, 4) is 0 Å². The van der Waals surface area contributed by atoms with Gasteiger partial charge in [0.05, 0.1) is 13.2 Å². The van der Waals surface area contributed by atoms with Crippen molar-refractivity contribution in [1.82, 2.24) is 14.8 Å². The van der Waals surface area contributed by atoms with E-state index in [1.807, 2.05) is 18.4 Å². The van der Waals surface area contributed by atoms with Gasteiger partial charge in [-0.3, -0.25) is 4.79 Å². The van der Waals surface area contributed by atoms with Crippen molar-refractivity contribution in [3.63, 3.8) is 0 Å². The van der Waals surface area contributed by atoms with Gasteiger partial charge < -0.3 is 14.6 Å². The predicted molar refractivity (Wildman–Crippen MR) is 96.0 cm³/mol. The molecule has 0 bridgehead atoms. The van der Waals surface area contributed by atoms with Crippen LogP contribution in [0.1, 0.15) is 33.0 Å². The van der Waals surface area contributed by atoms with Crippen LogP contribution in [0.2, 0.25) is 0 Å². The average molecular weight is 366 g/mol. The van der Waals surface area contributed by atoms with Gasteiger partial charge in [-0.1, -0.05) is 18.7 Å². The number of halogens is 1. The number of aromatic nitrogens is 3. The van der Waals surface area contributed by atoms with E-state index in [-0.39, 0.29) is 17.0 Å². The van der Waals surface area contributed by atoms with Crippen molar-refractivity contribution in [2.45, 2.75) is 50.7 Å². The van der Waals surface area contributed by atoms with E-state index in [1.165, 1.54) is 23.9 Å². The molecule has 1 aromatic heterocycles. The summed E-state index contributed by atoms with van der Waals surface area (Å²) in [5.41, 5.74) is 0.805. The molecule has 1 aromatic carbocycles. The van der Waals surface area contributed by atoms with E-state index < -0.39 is 0 Å². The third kappa shape index (κ3) is 5.19. The molecule has 1 heterocycles. The molecule has 0 aliphatic rings. The molecule has 0 amide bonds. The van der Waals surface area contributed by atoms with Crippen molar-refractivity contribution >= 4 is 23.4 Å². The first-order valence-electron chi connectivity index (χ1n) is 8.33. The molecule has 1 N–H and O–H groups in total. The number of anilines is 1. The number of nitrogens with zero attached hydrogens (tertiary/aromatic N) is 3. The number of esters is 1.